The SMILES string of the molecule is CCCCCCCCC=CC(=O)Oc1cnc(-c2ccc(CCCCCCCC)cc2)nc1. The number of allylic oxidation sites excluding steroid dienone is 1. The van der Waals surface area contributed by atoms with Crippen LogP contribution in [0, 0.1) is 0 Å². The second-order valence-corrected chi connectivity index (χ2v) is 8.84. The number of ether oxygens (including phenoxy) is 1. The summed E-state index contributed by atoms with van der Waals surface area (Å²) in [6, 6.07) is 8.46. The van der Waals surface area contributed by atoms with E-state index in [1.165, 1.54) is 82.3 Å². The smallest absolute Gasteiger partial charge is 0.335 e. The van der Waals surface area contributed by atoms with E-state index in [4.69, 9.17) is 4.74 Å². The number of hydrogen-bond donors (Lipinski definition) is 0. The van der Waals surface area contributed by atoms with Gasteiger partial charge in [-0.3, -0.25) is 0 Å². The molecule has 4 nitrogen and oxygen atoms in total. The number of aromatic nitrogens is 2. The van der Waals surface area contributed by atoms with Crippen LogP contribution in [0.1, 0.15) is 103 Å². The average Bonchev–Trinajstić information content (AvgIpc) is 2.84. The maximum atomic E-state index is 12.0. The first-order valence-corrected chi connectivity index (χ1v) is 13.0. The Kier molecular flexibility index (Phi) is 13.8. The van der Waals surface area contributed by atoms with E-state index >= 15 is 0 Å². The Labute approximate surface area is 200 Å². The molecule has 180 valence electrons. The molecule has 0 aliphatic rings. The fourth-order valence-electron chi connectivity index (χ4n) is 3.82. The molecular formula is C29H42N2O2. The standard InChI is InChI=1S/C29H42N2O2/c1-3-5-7-9-11-12-14-16-18-28(32)33-27-23-30-29(31-24-27)26-21-19-25(20-22-26)17-15-13-10-8-6-4-2/h16,18-24H,3-15,17H2,1-2H3. The topological polar surface area (TPSA) is 52.1 Å². The van der Waals surface area contributed by atoms with Crippen molar-refractivity contribution in [1.82, 2.24) is 9.97 Å². The molecule has 0 spiro atoms. The predicted molar refractivity (Wildman–Crippen MR) is 137 cm³/mol. The van der Waals surface area contributed by atoms with Gasteiger partial charge in [0.25, 0.3) is 0 Å². The van der Waals surface area contributed by atoms with Gasteiger partial charge in [0.15, 0.2) is 11.6 Å². The third-order valence-corrected chi connectivity index (χ3v) is 5.86. The van der Waals surface area contributed by atoms with Gasteiger partial charge in [0, 0.05) is 11.6 Å². The van der Waals surface area contributed by atoms with Crippen molar-refractivity contribution in [3.8, 4) is 17.1 Å². The Morgan fingerprint density at radius 3 is 2.00 bits per heavy atom. The molecule has 1 aromatic carbocycles. The summed E-state index contributed by atoms with van der Waals surface area (Å²) in [5, 5.41) is 0. The third-order valence-electron chi connectivity index (χ3n) is 5.86. The van der Waals surface area contributed by atoms with Crippen molar-refractivity contribution in [2.45, 2.75) is 104 Å². The van der Waals surface area contributed by atoms with Gasteiger partial charge in [0.2, 0.25) is 0 Å². The second kappa shape index (κ2) is 17.0. The lowest BCUT2D eigenvalue weighted by molar-refractivity contribution is -0.129. The minimum absolute atomic E-state index is 0.368. The summed E-state index contributed by atoms with van der Waals surface area (Å²) >= 11 is 0. The predicted octanol–water partition coefficient (Wildman–Crippen LogP) is 8.26. The molecule has 0 radical (unpaired) electrons. The lowest BCUT2D eigenvalue weighted by Crippen LogP contribution is -2.04. The third kappa shape index (κ3) is 11.8. The van der Waals surface area contributed by atoms with Crippen molar-refractivity contribution in [3.05, 3.63) is 54.4 Å². The Morgan fingerprint density at radius 2 is 1.36 bits per heavy atom. The van der Waals surface area contributed by atoms with Crippen LogP contribution in [0.25, 0.3) is 11.4 Å². The van der Waals surface area contributed by atoms with E-state index < -0.39 is 0 Å². The van der Waals surface area contributed by atoms with E-state index in [0.29, 0.717) is 11.6 Å². The number of esters is 1. The summed E-state index contributed by atoms with van der Waals surface area (Å²) in [4.78, 5) is 20.7. The van der Waals surface area contributed by atoms with Gasteiger partial charge >= 0.3 is 5.97 Å². The zero-order valence-electron chi connectivity index (χ0n) is 20.7. The van der Waals surface area contributed by atoms with E-state index in [1.807, 2.05) is 6.08 Å². The Morgan fingerprint density at radius 1 is 0.788 bits per heavy atom. The average molecular weight is 451 g/mol. The first-order chi connectivity index (χ1) is 16.2. The summed E-state index contributed by atoms with van der Waals surface area (Å²) in [6.45, 7) is 4.48. The van der Waals surface area contributed by atoms with Crippen LogP contribution in [0.3, 0.4) is 0 Å². The first kappa shape index (κ1) is 26.8. The van der Waals surface area contributed by atoms with Crippen LogP contribution in [0.15, 0.2) is 48.8 Å². The van der Waals surface area contributed by atoms with Gasteiger partial charge in [-0.2, -0.15) is 0 Å². The van der Waals surface area contributed by atoms with Crippen LogP contribution in [-0.4, -0.2) is 15.9 Å². The summed E-state index contributed by atoms with van der Waals surface area (Å²) < 4.78 is 5.31. The number of aryl methyl sites for hydroxylation is 1. The molecule has 0 fully saturated rings. The number of carbonyl (C=O) groups is 1. The van der Waals surface area contributed by atoms with Crippen LogP contribution >= 0.6 is 0 Å². The Bertz CT molecular complexity index is 797. The maximum absolute atomic E-state index is 12.0. The van der Waals surface area contributed by atoms with Crippen molar-refractivity contribution in [2.24, 2.45) is 0 Å². The molecule has 0 bridgehead atoms. The van der Waals surface area contributed by atoms with Crippen LogP contribution in [0.4, 0.5) is 0 Å². The number of hydrogen-bond acceptors (Lipinski definition) is 4. The molecule has 0 amide bonds. The van der Waals surface area contributed by atoms with Gasteiger partial charge in [-0.05, 0) is 31.2 Å². The molecule has 0 atom stereocenters. The van der Waals surface area contributed by atoms with Gasteiger partial charge in [0.1, 0.15) is 0 Å². The van der Waals surface area contributed by atoms with Crippen LogP contribution in [0.2, 0.25) is 0 Å². The number of benzene rings is 1. The largest absolute Gasteiger partial charge is 0.420 e. The minimum Gasteiger partial charge on any atom is -0.420 e. The quantitative estimate of drug-likeness (QED) is 0.138. The molecule has 1 heterocycles. The summed E-state index contributed by atoms with van der Waals surface area (Å²) in [5.74, 6) is 0.628. The molecule has 0 aliphatic carbocycles. The molecule has 4 heteroatoms. The normalized spacial score (nSPS) is 11.2. The van der Waals surface area contributed by atoms with E-state index in [9.17, 15) is 4.79 Å². The summed E-state index contributed by atoms with van der Waals surface area (Å²) in [6.07, 6.45) is 23.9. The van der Waals surface area contributed by atoms with Crippen LogP contribution < -0.4 is 4.74 Å². The number of nitrogens with zero attached hydrogens (tertiary/aromatic N) is 2. The zero-order chi connectivity index (χ0) is 23.6. The Hall–Kier alpha value is -2.49. The van der Waals surface area contributed by atoms with E-state index in [0.717, 1.165) is 24.8 Å². The highest BCUT2D eigenvalue weighted by atomic mass is 16.5. The van der Waals surface area contributed by atoms with Gasteiger partial charge in [-0.1, -0.05) is 108 Å². The van der Waals surface area contributed by atoms with E-state index in [1.54, 1.807) is 12.4 Å². The molecule has 2 rings (SSSR count). The molecular weight excluding hydrogens is 408 g/mol. The zero-order valence-corrected chi connectivity index (χ0v) is 20.7. The lowest BCUT2D eigenvalue weighted by Gasteiger charge is -2.05. The highest BCUT2D eigenvalue weighted by Gasteiger charge is 2.05. The second-order valence-electron chi connectivity index (χ2n) is 8.84. The van der Waals surface area contributed by atoms with Gasteiger partial charge in [-0.15, -0.1) is 0 Å². The fraction of sp³-hybridized carbons (Fsp3) is 0.552. The molecule has 33 heavy (non-hydrogen) atoms. The molecule has 0 saturated carbocycles. The van der Waals surface area contributed by atoms with Crippen molar-refractivity contribution in [2.75, 3.05) is 0 Å². The number of rotatable bonds is 17. The first-order valence-electron chi connectivity index (χ1n) is 13.0. The monoisotopic (exact) mass is 450 g/mol. The minimum atomic E-state index is -0.378. The fourth-order valence-corrected chi connectivity index (χ4v) is 3.82. The van der Waals surface area contributed by atoms with Crippen LogP contribution in [0.5, 0.6) is 5.75 Å². The summed E-state index contributed by atoms with van der Waals surface area (Å²) in [7, 11) is 0. The molecule has 1 aromatic heterocycles. The highest BCUT2D eigenvalue weighted by molar-refractivity contribution is 5.83. The number of unbranched alkanes of at least 4 members (excludes halogenated alkanes) is 11. The van der Waals surface area contributed by atoms with Crippen LogP contribution in [-0.2, 0) is 11.2 Å². The number of carbonyl (C=O) groups excluding carboxylic acids is 1. The maximum Gasteiger partial charge on any atom is 0.335 e. The molecule has 0 unspecified atom stereocenters. The molecule has 0 aliphatic heterocycles. The van der Waals surface area contributed by atoms with Crippen molar-refractivity contribution in [1.29, 1.82) is 0 Å². The molecule has 0 saturated heterocycles. The van der Waals surface area contributed by atoms with Gasteiger partial charge < -0.3 is 4.74 Å². The summed E-state index contributed by atoms with van der Waals surface area (Å²) in [5.41, 5.74) is 2.32. The Balaban J connectivity index is 1.70. The van der Waals surface area contributed by atoms with Crippen molar-refractivity contribution >= 4 is 5.97 Å². The van der Waals surface area contributed by atoms with E-state index in [2.05, 4.69) is 48.1 Å². The van der Waals surface area contributed by atoms with Gasteiger partial charge in [-0.25, -0.2) is 14.8 Å². The van der Waals surface area contributed by atoms with E-state index in [-0.39, 0.29) is 5.97 Å². The van der Waals surface area contributed by atoms with Crippen molar-refractivity contribution in [3.63, 3.8) is 0 Å². The lowest BCUT2D eigenvalue weighted by atomic mass is 10.0. The molecule has 0 N–H and O–H groups in total. The van der Waals surface area contributed by atoms with Gasteiger partial charge in [0.05, 0.1) is 12.4 Å². The van der Waals surface area contributed by atoms with Crippen molar-refractivity contribution < 1.29 is 9.53 Å². The highest BCUT2D eigenvalue weighted by Crippen LogP contribution is 2.19. The molecule has 2 aromatic rings.